The molecule has 2 heterocycles. The second kappa shape index (κ2) is 10.6. The summed E-state index contributed by atoms with van der Waals surface area (Å²) >= 11 is 7.10. The summed E-state index contributed by atoms with van der Waals surface area (Å²) in [6, 6.07) is 8.52. The van der Waals surface area contributed by atoms with E-state index in [0.29, 0.717) is 16.1 Å². The van der Waals surface area contributed by atoms with Crippen molar-refractivity contribution in [3.8, 4) is 22.9 Å². The molecule has 3 aromatic rings. The number of nitrogens with one attached hydrogen (secondary N) is 1. The highest BCUT2D eigenvalue weighted by atomic mass is 35.5. The number of anilines is 2. The second-order valence-corrected chi connectivity index (χ2v) is 8.17. The van der Waals surface area contributed by atoms with Gasteiger partial charge >= 0.3 is 18.4 Å². The van der Waals surface area contributed by atoms with Gasteiger partial charge in [-0.2, -0.15) is 36.3 Å². The maximum atomic E-state index is 12.6. The van der Waals surface area contributed by atoms with Gasteiger partial charge in [-0.1, -0.05) is 23.7 Å². The number of hydrogen-bond donors (Lipinski definition) is 1. The quantitative estimate of drug-likeness (QED) is 0.351. The Labute approximate surface area is 203 Å². The van der Waals surface area contributed by atoms with Crippen LogP contribution in [0, 0.1) is 0 Å². The van der Waals surface area contributed by atoms with Crippen LogP contribution in [0.1, 0.15) is 0 Å². The van der Waals surface area contributed by atoms with Crippen LogP contribution in [-0.4, -0.2) is 48.6 Å². The molecule has 1 aromatic carbocycles. The monoisotopic (exact) mass is 540 g/mol. The molecule has 0 aliphatic carbocycles. The zero-order chi connectivity index (χ0) is 25.8. The number of carbonyl (C=O) groups is 1. The predicted octanol–water partition coefficient (Wildman–Crippen LogP) is 6.41. The smallest absolute Gasteiger partial charge is 0.422 e. The van der Waals surface area contributed by atoms with Gasteiger partial charge in [0.25, 0.3) is 0 Å². The van der Waals surface area contributed by atoms with Gasteiger partial charge in [-0.05, 0) is 29.3 Å². The summed E-state index contributed by atoms with van der Waals surface area (Å²) in [7, 11) is 1.40. The Kier molecular flexibility index (Phi) is 7.95. The van der Waals surface area contributed by atoms with Gasteiger partial charge in [0.15, 0.2) is 13.2 Å². The predicted molar refractivity (Wildman–Crippen MR) is 117 cm³/mol. The number of alkyl halides is 6. The van der Waals surface area contributed by atoms with Crippen LogP contribution in [0.25, 0.3) is 11.1 Å². The molecule has 1 N–H and O–H groups in total. The van der Waals surface area contributed by atoms with E-state index in [1.165, 1.54) is 18.4 Å². The maximum absolute atomic E-state index is 12.6. The van der Waals surface area contributed by atoms with E-state index < -0.39 is 49.3 Å². The first-order valence-electron chi connectivity index (χ1n) is 9.46. The number of nitrogens with zero attached hydrogens (tertiary/aromatic N) is 3. The minimum absolute atomic E-state index is 0.477. The van der Waals surface area contributed by atoms with Crippen molar-refractivity contribution in [2.24, 2.45) is 0 Å². The Morgan fingerprint density at radius 3 is 2.03 bits per heavy atom. The summed E-state index contributed by atoms with van der Waals surface area (Å²) in [6.07, 6.45) is -9.47. The molecule has 7 nitrogen and oxygen atoms in total. The highest BCUT2D eigenvalue weighted by Gasteiger charge is 2.30. The lowest BCUT2D eigenvalue weighted by atomic mass is 10.1. The first kappa shape index (κ1) is 26.3. The largest absolute Gasteiger partial charge is 0.468 e. The van der Waals surface area contributed by atoms with E-state index in [1.807, 2.05) is 0 Å². The Hall–Kier alpha value is -3.26. The van der Waals surface area contributed by atoms with Crippen molar-refractivity contribution < 1.29 is 40.6 Å². The van der Waals surface area contributed by atoms with Crippen LogP contribution in [0.3, 0.4) is 0 Å². The second-order valence-electron chi connectivity index (χ2n) is 6.85. The molecule has 2 amide bonds. The van der Waals surface area contributed by atoms with Gasteiger partial charge in [0, 0.05) is 17.5 Å². The van der Waals surface area contributed by atoms with E-state index in [9.17, 15) is 31.1 Å². The third-order valence-corrected chi connectivity index (χ3v) is 5.32. The molecule has 0 aliphatic heterocycles. The lowest BCUT2D eigenvalue weighted by Crippen LogP contribution is -2.31. The number of carbonyl (C=O) groups excluding carboxylic acids is 1. The minimum Gasteiger partial charge on any atom is -0.468 e. The lowest BCUT2D eigenvalue weighted by molar-refractivity contribution is -0.154. The average Bonchev–Trinajstić information content (AvgIpc) is 3.25. The van der Waals surface area contributed by atoms with E-state index in [2.05, 4.69) is 24.8 Å². The van der Waals surface area contributed by atoms with Crippen LogP contribution in [-0.2, 0) is 0 Å². The maximum Gasteiger partial charge on any atom is 0.422 e. The molecule has 0 spiro atoms. The number of thiophene rings is 1. The van der Waals surface area contributed by atoms with Crippen molar-refractivity contribution in [3.63, 3.8) is 0 Å². The zero-order valence-electron chi connectivity index (χ0n) is 17.6. The molecule has 3 rings (SSSR count). The molecule has 35 heavy (non-hydrogen) atoms. The number of hydrogen-bond acceptors (Lipinski definition) is 6. The summed E-state index contributed by atoms with van der Waals surface area (Å²) in [6.45, 7) is -3.53. The normalized spacial score (nSPS) is 11.8. The number of ether oxygens (including phenoxy) is 2. The van der Waals surface area contributed by atoms with Crippen LogP contribution >= 0.6 is 22.9 Å². The Morgan fingerprint density at radius 2 is 1.51 bits per heavy atom. The van der Waals surface area contributed by atoms with Gasteiger partial charge in [-0.15, -0.1) is 11.3 Å². The number of aromatic nitrogens is 2. The molecule has 0 bridgehead atoms. The number of urea groups is 1. The minimum atomic E-state index is -4.73. The molecular weight excluding hydrogens is 526 g/mol. The molecule has 0 saturated heterocycles. The SMILES string of the molecule is CN(C(=O)Nc1nc(OCC(F)(F)F)cc(OCC(F)(F)F)n1)c1cc(-c2ccc(Cl)cc2)cs1. The van der Waals surface area contributed by atoms with Gasteiger partial charge in [0.1, 0.15) is 0 Å². The molecule has 0 fully saturated rings. The Morgan fingerprint density at radius 1 is 0.971 bits per heavy atom. The van der Waals surface area contributed by atoms with Crippen LogP contribution < -0.4 is 19.7 Å². The number of halogens is 7. The van der Waals surface area contributed by atoms with Crippen LogP contribution in [0.2, 0.25) is 5.02 Å². The van der Waals surface area contributed by atoms with Crippen molar-refractivity contribution in [2.75, 3.05) is 30.5 Å². The van der Waals surface area contributed by atoms with Crippen molar-refractivity contribution in [2.45, 2.75) is 12.4 Å². The van der Waals surface area contributed by atoms with E-state index in [1.54, 1.807) is 35.7 Å². The number of amides is 2. The lowest BCUT2D eigenvalue weighted by Gasteiger charge is -2.16. The molecule has 15 heteroatoms. The first-order valence-corrected chi connectivity index (χ1v) is 10.7. The fourth-order valence-electron chi connectivity index (χ4n) is 2.49. The van der Waals surface area contributed by atoms with E-state index in [4.69, 9.17) is 11.6 Å². The molecule has 188 valence electrons. The number of benzene rings is 1. The molecular formula is C20H15ClF6N4O3S. The summed E-state index contributed by atoms with van der Waals surface area (Å²) < 4.78 is 83.7. The summed E-state index contributed by atoms with van der Waals surface area (Å²) in [4.78, 5) is 21.0. The van der Waals surface area contributed by atoms with Crippen LogP contribution in [0.5, 0.6) is 11.8 Å². The van der Waals surface area contributed by atoms with Gasteiger partial charge < -0.3 is 9.47 Å². The van der Waals surface area contributed by atoms with E-state index in [-0.39, 0.29) is 0 Å². The fraction of sp³-hybridized carbons (Fsp3) is 0.250. The number of rotatable bonds is 7. The molecule has 0 unspecified atom stereocenters. The van der Waals surface area contributed by atoms with Gasteiger partial charge in [-0.25, -0.2) is 4.79 Å². The Balaban J connectivity index is 1.76. The fourth-order valence-corrected chi connectivity index (χ4v) is 3.51. The van der Waals surface area contributed by atoms with Crippen LogP contribution in [0.15, 0.2) is 41.8 Å². The topological polar surface area (TPSA) is 76.6 Å². The summed E-state index contributed by atoms with van der Waals surface area (Å²) in [5.74, 6) is -2.10. The van der Waals surface area contributed by atoms with E-state index in [0.717, 1.165) is 16.0 Å². The van der Waals surface area contributed by atoms with Gasteiger partial charge in [-0.3, -0.25) is 10.2 Å². The zero-order valence-corrected chi connectivity index (χ0v) is 19.1. The van der Waals surface area contributed by atoms with Crippen LogP contribution in [0.4, 0.5) is 42.1 Å². The molecule has 2 aromatic heterocycles. The van der Waals surface area contributed by atoms with Gasteiger partial charge in [0.05, 0.1) is 11.1 Å². The van der Waals surface area contributed by atoms with Crippen molar-refractivity contribution in [1.82, 2.24) is 9.97 Å². The van der Waals surface area contributed by atoms with E-state index >= 15 is 0 Å². The Bertz CT molecular complexity index is 1130. The highest BCUT2D eigenvalue weighted by molar-refractivity contribution is 7.14. The standard InChI is InChI=1S/C20H15ClF6N4O3S/c1-31(16-6-12(8-35-16)11-2-4-13(21)5-3-11)18(32)30-17-28-14(33-9-19(22,23)24)7-15(29-17)34-10-20(25,26)27/h2-8H,9-10H2,1H3,(H,28,29,30,32). The molecule has 0 atom stereocenters. The average molecular weight is 541 g/mol. The molecule has 0 saturated carbocycles. The molecule has 0 radical (unpaired) electrons. The first-order chi connectivity index (χ1) is 16.3. The van der Waals surface area contributed by atoms with Crippen molar-refractivity contribution in [1.29, 1.82) is 0 Å². The third kappa shape index (κ3) is 8.17. The third-order valence-electron chi connectivity index (χ3n) is 4.06. The summed E-state index contributed by atoms with van der Waals surface area (Å²) in [5.41, 5.74) is 1.64. The summed E-state index contributed by atoms with van der Waals surface area (Å²) in [5, 5.41) is 5.02. The highest BCUT2D eigenvalue weighted by Crippen LogP contribution is 2.32. The van der Waals surface area contributed by atoms with Gasteiger partial charge in [0.2, 0.25) is 17.7 Å². The van der Waals surface area contributed by atoms with Crippen molar-refractivity contribution >= 4 is 39.9 Å². The molecule has 0 aliphatic rings. The van der Waals surface area contributed by atoms with Crippen molar-refractivity contribution in [3.05, 3.63) is 46.8 Å².